The van der Waals surface area contributed by atoms with Crippen LogP contribution in [0.3, 0.4) is 0 Å². The van der Waals surface area contributed by atoms with Gasteiger partial charge in [-0.15, -0.1) is 0 Å². The minimum Gasteiger partial charge on any atom is -0.459 e. The Morgan fingerprint density at radius 2 is 1.67 bits per heavy atom. The summed E-state index contributed by atoms with van der Waals surface area (Å²) in [6, 6.07) is 13.4. The molecule has 1 atom stereocenters. The zero-order valence-electron chi connectivity index (χ0n) is 13.0. The Balaban J connectivity index is 2.02. The normalized spacial score (nSPS) is 13.5. The quantitative estimate of drug-likeness (QED) is 0.627. The fraction of sp³-hybridized carbons (Fsp3) is 0.176. The van der Waals surface area contributed by atoms with Crippen LogP contribution in [-0.2, 0) is 10.0 Å². The number of fused-ring (bicyclic) bond motifs is 1. The Morgan fingerprint density at radius 3 is 2.29 bits per heavy atom. The van der Waals surface area contributed by atoms with Crippen LogP contribution in [0, 0.1) is 0 Å². The number of halogens is 2. The zero-order valence-corrected chi connectivity index (χ0v) is 15.4. The van der Waals surface area contributed by atoms with Gasteiger partial charge in [0.25, 0.3) is 0 Å². The van der Waals surface area contributed by atoms with Gasteiger partial charge in [0.15, 0.2) is 0 Å². The third-order valence-corrected chi connectivity index (χ3v) is 6.84. The van der Waals surface area contributed by atoms with E-state index in [1.54, 1.807) is 13.0 Å². The molecule has 3 aromatic rings. The van der Waals surface area contributed by atoms with E-state index in [2.05, 4.69) is 0 Å². The fourth-order valence-electron chi connectivity index (χ4n) is 2.47. The van der Waals surface area contributed by atoms with Crippen molar-refractivity contribution in [3.05, 3.63) is 64.3 Å². The summed E-state index contributed by atoms with van der Waals surface area (Å²) in [5.41, 5.74) is 0.709. The van der Waals surface area contributed by atoms with Crippen LogP contribution in [0.5, 0.6) is 0 Å². The summed E-state index contributed by atoms with van der Waals surface area (Å²) in [6.45, 7) is 1.75. The monoisotopic (exact) mass is 383 g/mol. The Morgan fingerprint density at radius 1 is 1.04 bits per heavy atom. The van der Waals surface area contributed by atoms with Gasteiger partial charge in [-0.25, -0.2) is 8.42 Å². The van der Waals surface area contributed by atoms with Crippen molar-refractivity contribution in [3.63, 3.8) is 0 Å². The first-order chi connectivity index (χ1) is 11.3. The number of hydrogen-bond donors (Lipinski definition) is 0. The number of sulfonamides is 1. The van der Waals surface area contributed by atoms with Crippen LogP contribution in [0.25, 0.3) is 11.0 Å². The van der Waals surface area contributed by atoms with E-state index >= 15 is 0 Å². The molecule has 0 amide bonds. The van der Waals surface area contributed by atoms with Gasteiger partial charge in [-0.2, -0.15) is 4.31 Å². The van der Waals surface area contributed by atoms with Crippen molar-refractivity contribution in [2.75, 3.05) is 7.05 Å². The van der Waals surface area contributed by atoms with E-state index in [4.69, 9.17) is 27.6 Å². The number of hydrogen-bond acceptors (Lipinski definition) is 3. The molecule has 3 rings (SSSR count). The lowest BCUT2D eigenvalue weighted by Crippen LogP contribution is -2.30. The largest absolute Gasteiger partial charge is 0.459 e. The second-order valence-corrected chi connectivity index (χ2v) is 8.18. The number of rotatable bonds is 4. The van der Waals surface area contributed by atoms with Gasteiger partial charge in [0.2, 0.25) is 10.0 Å². The average Bonchev–Trinajstić information content (AvgIpc) is 2.97. The number of nitrogens with zero attached hydrogens (tertiary/aromatic N) is 1. The van der Waals surface area contributed by atoms with Crippen LogP contribution in [-0.4, -0.2) is 19.8 Å². The maximum Gasteiger partial charge on any atom is 0.246 e. The summed E-state index contributed by atoms with van der Waals surface area (Å²) in [6.07, 6.45) is 0. The predicted octanol–water partition coefficient (Wildman–Crippen LogP) is 5.12. The van der Waals surface area contributed by atoms with Crippen molar-refractivity contribution in [1.82, 2.24) is 4.31 Å². The van der Waals surface area contributed by atoms with E-state index in [0.717, 1.165) is 5.39 Å². The van der Waals surface area contributed by atoms with Crippen LogP contribution in [0.1, 0.15) is 18.7 Å². The molecule has 4 nitrogen and oxygen atoms in total. The lowest BCUT2D eigenvalue weighted by atomic mass is 10.2. The van der Waals surface area contributed by atoms with Crippen LogP contribution in [0.4, 0.5) is 0 Å². The third kappa shape index (κ3) is 2.93. The van der Waals surface area contributed by atoms with E-state index < -0.39 is 16.1 Å². The summed E-state index contributed by atoms with van der Waals surface area (Å²) in [4.78, 5) is -0.0983. The number of para-hydroxylation sites is 1. The Bertz CT molecular complexity index is 945. The standard InChI is InChI=1S/C17H15Cl2NO3S/c1-11(16-10-12-6-3-4-9-15(12)23-16)20(2)24(21,22)17-13(18)7-5-8-14(17)19/h3-11H,1-2H3. The highest BCUT2D eigenvalue weighted by atomic mass is 35.5. The second-order valence-electron chi connectivity index (χ2n) is 5.43. The van der Waals surface area contributed by atoms with Crippen LogP contribution in [0.15, 0.2) is 57.8 Å². The topological polar surface area (TPSA) is 50.5 Å². The minimum atomic E-state index is -3.88. The predicted molar refractivity (Wildman–Crippen MR) is 96.0 cm³/mol. The van der Waals surface area contributed by atoms with Gasteiger partial charge in [0.1, 0.15) is 16.2 Å². The van der Waals surface area contributed by atoms with Crippen molar-refractivity contribution in [1.29, 1.82) is 0 Å². The van der Waals surface area contributed by atoms with E-state index in [-0.39, 0.29) is 14.9 Å². The molecule has 126 valence electrons. The molecule has 1 heterocycles. The Labute approximate surface area is 150 Å². The first-order valence-electron chi connectivity index (χ1n) is 7.23. The molecular formula is C17H15Cl2NO3S. The molecule has 0 aliphatic heterocycles. The zero-order chi connectivity index (χ0) is 17.5. The molecule has 1 aromatic heterocycles. The molecule has 1 unspecified atom stereocenters. The molecule has 0 aliphatic rings. The van der Waals surface area contributed by atoms with E-state index in [0.29, 0.717) is 11.3 Å². The van der Waals surface area contributed by atoms with Gasteiger partial charge in [-0.1, -0.05) is 47.5 Å². The first kappa shape index (κ1) is 17.3. The summed E-state index contributed by atoms with van der Waals surface area (Å²) < 4.78 is 32.8. The highest BCUT2D eigenvalue weighted by Gasteiger charge is 2.31. The van der Waals surface area contributed by atoms with E-state index in [1.807, 2.05) is 30.3 Å². The molecule has 0 radical (unpaired) electrons. The second kappa shape index (κ2) is 6.41. The van der Waals surface area contributed by atoms with Gasteiger partial charge < -0.3 is 4.42 Å². The molecule has 24 heavy (non-hydrogen) atoms. The summed E-state index contributed by atoms with van der Waals surface area (Å²) >= 11 is 12.1. The maximum absolute atomic E-state index is 12.9. The molecule has 0 bridgehead atoms. The fourth-order valence-corrected chi connectivity index (χ4v) is 4.89. The Kier molecular flexibility index (Phi) is 4.62. The Hall–Kier alpha value is -1.53. The van der Waals surface area contributed by atoms with Crippen molar-refractivity contribution in [3.8, 4) is 0 Å². The molecule has 7 heteroatoms. The molecular weight excluding hydrogens is 369 g/mol. The summed E-state index contributed by atoms with van der Waals surface area (Å²) in [5.74, 6) is 0.547. The van der Waals surface area contributed by atoms with E-state index in [1.165, 1.54) is 23.5 Å². The molecule has 0 spiro atoms. The summed E-state index contributed by atoms with van der Waals surface area (Å²) in [5, 5.41) is 1.10. The smallest absolute Gasteiger partial charge is 0.246 e. The van der Waals surface area contributed by atoms with Gasteiger partial charge in [0, 0.05) is 12.4 Å². The third-order valence-electron chi connectivity index (χ3n) is 3.96. The first-order valence-corrected chi connectivity index (χ1v) is 9.42. The highest BCUT2D eigenvalue weighted by Crippen LogP contribution is 2.35. The number of furan rings is 1. The van der Waals surface area contributed by atoms with E-state index in [9.17, 15) is 8.42 Å². The van der Waals surface area contributed by atoms with Gasteiger partial charge in [-0.05, 0) is 31.2 Å². The number of benzene rings is 2. The molecule has 2 aromatic carbocycles. The summed E-state index contributed by atoms with van der Waals surface area (Å²) in [7, 11) is -2.40. The highest BCUT2D eigenvalue weighted by molar-refractivity contribution is 7.89. The maximum atomic E-state index is 12.9. The van der Waals surface area contributed by atoms with Crippen molar-refractivity contribution in [2.45, 2.75) is 17.9 Å². The molecule has 0 saturated carbocycles. The molecule has 0 fully saturated rings. The average molecular weight is 384 g/mol. The molecule has 0 aliphatic carbocycles. The SMILES string of the molecule is CC(c1cc2ccccc2o1)N(C)S(=O)(=O)c1c(Cl)cccc1Cl. The van der Waals surface area contributed by atoms with Crippen LogP contribution < -0.4 is 0 Å². The van der Waals surface area contributed by atoms with Gasteiger partial charge in [-0.3, -0.25) is 0 Å². The van der Waals surface area contributed by atoms with Crippen LogP contribution >= 0.6 is 23.2 Å². The van der Waals surface area contributed by atoms with Gasteiger partial charge >= 0.3 is 0 Å². The molecule has 0 saturated heterocycles. The van der Waals surface area contributed by atoms with Crippen molar-refractivity contribution >= 4 is 44.2 Å². The lowest BCUT2D eigenvalue weighted by Gasteiger charge is -2.23. The molecule has 0 N–H and O–H groups in total. The van der Waals surface area contributed by atoms with Crippen molar-refractivity contribution < 1.29 is 12.8 Å². The minimum absolute atomic E-state index is 0.0890. The van der Waals surface area contributed by atoms with Crippen LogP contribution in [0.2, 0.25) is 10.0 Å². The van der Waals surface area contributed by atoms with Gasteiger partial charge in [0.05, 0.1) is 16.1 Å². The lowest BCUT2D eigenvalue weighted by molar-refractivity contribution is 0.348. The van der Waals surface area contributed by atoms with Crippen molar-refractivity contribution in [2.24, 2.45) is 0 Å².